The maximum atomic E-state index is 9.51. The first kappa shape index (κ1) is 7.54. The second-order valence-electron chi connectivity index (χ2n) is 2.47. The summed E-state index contributed by atoms with van der Waals surface area (Å²) in [5, 5.41) is 9.51. The Labute approximate surface area is 77.3 Å². The molecule has 0 unspecified atom stereocenters. The van der Waals surface area contributed by atoms with Gasteiger partial charge in [0.05, 0.1) is 5.69 Å². The van der Waals surface area contributed by atoms with E-state index >= 15 is 0 Å². The molecule has 0 aromatic heterocycles. The highest BCUT2D eigenvalue weighted by atomic mass is 79.9. The average Bonchev–Trinajstić information content (AvgIpc) is 2.48. The maximum Gasteiger partial charge on any atom is 0.195 e. The molecule has 2 rings (SSSR count). The monoisotopic (exact) mass is 227 g/mol. The zero-order valence-electron chi connectivity index (χ0n) is 6.32. The van der Waals surface area contributed by atoms with Gasteiger partial charge in [0.1, 0.15) is 12.0 Å². The number of fused-ring (bicyclic) bond motifs is 1. The molecule has 4 nitrogen and oxygen atoms in total. The summed E-state index contributed by atoms with van der Waals surface area (Å²) in [5.41, 5.74) is 1.39. The standard InChI is InChI=1S/C7H6BrN3O/c1-4-5(8)2-6-7(11(4)12)10-3-9-6/h2-3,12H,1H3. The molecular weight excluding hydrogens is 222 g/mol. The summed E-state index contributed by atoms with van der Waals surface area (Å²) in [7, 11) is 0. The van der Waals surface area contributed by atoms with Gasteiger partial charge in [0.15, 0.2) is 5.82 Å². The molecule has 2 aliphatic rings. The maximum absolute atomic E-state index is 9.51. The van der Waals surface area contributed by atoms with Crippen LogP contribution in [-0.2, 0) is 0 Å². The molecule has 0 saturated heterocycles. The van der Waals surface area contributed by atoms with E-state index in [9.17, 15) is 5.21 Å². The van der Waals surface area contributed by atoms with Crippen LogP contribution < -0.4 is 0 Å². The number of nitrogens with zero attached hydrogens (tertiary/aromatic N) is 3. The fourth-order valence-electron chi connectivity index (χ4n) is 1.02. The summed E-state index contributed by atoms with van der Waals surface area (Å²) in [6.45, 7) is 1.79. The highest BCUT2D eigenvalue weighted by molar-refractivity contribution is 9.10. The van der Waals surface area contributed by atoms with Crippen LogP contribution in [0.15, 0.2) is 16.9 Å². The van der Waals surface area contributed by atoms with E-state index in [1.165, 1.54) is 6.33 Å². The fourth-order valence-corrected chi connectivity index (χ4v) is 1.40. The lowest BCUT2D eigenvalue weighted by molar-refractivity contribution is 0.179. The lowest BCUT2D eigenvalue weighted by Crippen LogP contribution is -2.04. The van der Waals surface area contributed by atoms with E-state index in [1.54, 1.807) is 6.92 Å². The predicted octanol–water partition coefficient (Wildman–Crippen LogP) is 1.69. The van der Waals surface area contributed by atoms with Crippen LogP contribution in [0.25, 0.3) is 11.5 Å². The smallest absolute Gasteiger partial charge is 0.195 e. The van der Waals surface area contributed by atoms with E-state index in [-0.39, 0.29) is 0 Å². The van der Waals surface area contributed by atoms with E-state index in [0.29, 0.717) is 17.2 Å². The Kier molecular flexibility index (Phi) is 1.54. The number of rotatable bonds is 0. The van der Waals surface area contributed by atoms with Crippen molar-refractivity contribution in [2.24, 2.45) is 0 Å². The Morgan fingerprint density at radius 3 is 3.00 bits per heavy atom. The normalized spacial score (nSPS) is 10.8. The van der Waals surface area contributed by atoms with Crippen LogP contribution in [0.2, 0.25) is 0 Å². The van der Waals surface area contributed by atoms with Crippen molar-refractivity contribution in [2.45, 2.75) is 6.92 Å². The van der Waals surface area contributed by atoms with Crippen LogP contribution in [0, 0.1) is 6.92 Å². The SMILES string of the molecule is Cc1c(Br)cc2ncnc-2n1O. The molecular formula is C7H6BrN3O. The van der Waals surface area contributed by atoms with Crippen molar-refractivity contribution in [1.82, 2.24) is 14.7 Å². The van der Waals surface area contributed by atoms with Gasteiger partial charge >= 0.3 is 0 Å². The minimum Gasteiger partial charge on any atom is -0.427 e. The van der Waals surface area contributed by atoms with Crippen molar-refractivity contribution in [3.63, 3.8) is 0 Å². The molecule has 5 heteroatoms. The minimum absolute atomic E-state index is 0.482. The first-order valence-corrected chi connectivity index (χ1v) is 4.17. The molecule has 1 N–H and O–H groups in total. The fraction of sp³-hybridized carbons (Fsp3) is 0.143. The van der Waals surface area contributed by atoms with Crippen LogP contribution >= 0.6 is 15.9 Å². The average molecular weight is 228 g/mol. The molecule has 0 fully saturated rings. The topological polar surface area (TPSA) is 50.9 Å². The third-order valence-corrected chi connectivity index (χ3v) is 2.54. The second-order valence-corrected chi connectivity index (χ2v) is 3.33. The van der Waals surface area contributed by atoms with E-state index in [0.717, 1.165) is 9.20 Å². The summed E-state index contributed by atoms with van der Waals surface area (Å²) < 4.78 is 1.84. The van der Waals surface area contributed by atoms with E-state index in [4.69, 9.17) is 0 Å². The van der Waals surface area contributed by atoms with Crippen molar-refractivity contribution < 1.29 is 5.21 Å². The lowest BCUT2D eigenvalue weighted by atomic mass is 10.3. The molecule has 0 bridgehead atoms. The van der Waals surface area contributed by atoms with Crippen LogP contribution in [0.1, 0.15) is 5.69 Å². The van der Waals surface area contributed by atoms with Gasteiger partial charge in [-0.1, -0.05) is 0 Å². The zero-order chi connectivity index (χ0) is 8.72. The third-order valence-electron chi connectivity index (χ3n) is 1.73. The van der Waals surface area contributed by atoms with Crippen LogP contribution in [0.3, 0.4) is 0 Å². The Morgan fingerprint density at radius 1 is 1.50 bits per heavy atom. The van der Waals surface area contributed by atoms with E-state index in [2.05, 4.69) is 25.9 Å². The van der Waals surface area contributed by atoms with Gasteiger partial charge in [-0.3, -0.25) is 0 Å². The Hall–Kier alpha value is -1.10. The van der Waals surface area contributed by atoms with Crippen LogP contribution in [0.5, 0.6) is 0 Å². The third kappa shape index (κ3) is 0.896. The van der Waals surface area contributed by atoms with Crippen molar-refractivity contribution in [1.29, 1.82) is 0 Å². The molecule has 2 aliphatic heterocycles. The molecule has 0 saturated carbocycles. The molecule has 2 heterocycles. The molecule has 0 aromatic carbocycles. The van der Waals surface area contributed by atoms with Gasteiger partial charge in [-0.2, -0.15) is 4.73 Å². The molecule has 0 atom stereocenters. The molecule has 0 radical (unpaired) electrons. The summed E-state index contributed by atoms with van der Waals surface area (Å²) in [5.74, 6) is 0.482. The van der Waals surface area contributed by atoms with Crippen molar-refractivity contribution in [3.8, 4) is 11.5 Å². The summed E-state index contributed by atoms with van der Waals surface area (Å²) >= 11 is 3.30. The minimum atomic E-state index is 0.482. The Balaban J connectivity index is 2.85. The number of imidazole rings is 1. The number of aromatic nitrogens is 3. The van der Waals surface area contributed by atoms with Crippen molar-refractivity contribution >= 4 is 15.9 Å². The van der Waals surface area contributed by atoms with Crippen LogP contribution in [0.4, 0.5) is 0 Å². The number of pyridine rings is 1. The van der Waals surface area contributed by atoms with Crippen molar-refractivity contribution in [3.05, 3.63) is 22.6 Å². The Bertz CT molecular complexity index is 398. The largest absolute Gasteiger partial charge is 0.427 e. The van der Waals surface area contributed by atoms with Gasteiger partial charge in [-0.15, -0.1) is 0 Å². The lowest BCUT2D eigenvalue weighted by Gasteiger charge is -2.08. The molecule has 0 aromatic rings. The molecule has 0 aliphatic carbocycles. The number of hydrogen-bond acceptors (Lipinski definition) is 3. The van der Waals surface area contributed by atoms with Gasteiger partial charge in [0.2, 0.25) is 0 Å². The van der Waals surface area contributed by atoms with Gasteiger partial charge in [-0.25, -0.2) is 9.97 Å². The second kappa shape index (κ2) is 2.45. The van der Waals surface area contributed by atoms with Gasteiger partial charge in [-0.05, 0) is 28.9 Å². The Morgan fingerprint density at radius 2 is 2.25 bits per heavy atom. The van der Waals surface area contributed by atoms with Gasteiger partial charge < -0.3 is 5.21 Å². The van der Waals surface area contributed by atoms with Gasteiger partial charge in [0, 0.05) is 4.47 Å². The zero-order valence-corrected chi connectivity index (χ0v) is 7.91. The summed E-state index contributed by atoms with van der Waals surface area (Å²) in [4.78, 5) is 7.86. The first-order chi connectivity index (χ1) is 5.70. The molecule has 0 amide bonds. The van der Waals surface area contributed by atoms with Crippen molar-refractivity contribution in [2.75, 3.05) is 0 Å². The number of halogens is 1. The first-order valence-electron chi connectivity index (χ1n) is 3.38. The highest BCUT2D eigenvalue weighted by Crippen LogP contribution is 2.24. The number of hydrogen-bond donors (Lipinski definition) is 1. The quantitative estimate of drug-likeness (QED) is 0.698. The van der Waals surface area contributed by atoms with E-state index in [1.807, 2.05) is 6.07 Å². The summed E-state index contributed by atoms with van der Waals surface area (Å²) in [6, 6.07) is 1.82. The molecule has 0 spiro atoms. The predicted molar refractivity (Wildman–Crippen MR) is 46.3 cm³/mol. The van der Waals surface area contributed by atoms with E-state index < -0.39 is 0 Å². The van der Waals surface area contributed by atoms with Gasteiger partial charge in [0.25, 0.3) is 0 Å². The van der Waals surface area contributed by atoms with Crippen LogP contribution in [-0.4, -0.2) is 19.9 Å². The molecule has 62 valence electrons. The summed E-state index contributed by atoms with van der Waals surface area (Å²) in [6.07, 6.45) is 1.42. The molecule has 12 heavy (non-hydrogen) atoms. The highest BCUT2D eigenvalue weighted by Gasteiger charge is 2.13.